The van der Waals surface area contributed by atoms with Gasteiger partial charge in [-0.25, -0.2) is 0 Å². The van der Waals surface area contributed by atoms with E-state index >= 15 is 0 Å². The molecule has 0 N–H and O–H groups in total. The summed E-state index contributed by atoms with van der Waals surface area (Å²) >= 11 is 0. The van der Waals surface area contributed by atoms with Crippen molar-refractivity contribution in [2.45, 2.75) is 189 Å². The molecule has 0 heterocycles. The SMILES string of the molecule is CCCCCCCCCCCCC(=O)O[C@H]1CC[C@@]2(C)C(=CC[C@@H]3[C@@H]2CC[C@]2(C)C([C@H](C)CCCC(C)C)CC[C@@H]32)C1. The Labute approximate surface area is 262 Å². The zero-order valence-electron chi connectivity index (χ0n) is 29.0. The minimum Gasteiger partial charge on any atom is -0.462 e. The summed E-state index contributed by atoms with van der Waals surface area (Å²) in [5, 5.41) is 0. The first kappa shape index (κ1) is 34.1. The van der Waals surface area contributed by atoms with E-state index in [1.54, 1.807) is 5.57 Å². The normalized spacial score (nSPS) is 34.8. The third kappa shape index (κ3) is 8.27. The molecule has 4 aliphatic rings. The largest absolute Gasteiger partial charge is 0.462 e. The van der Waals surface area contributed by atoms with Crippen molar-refractivity contribution in [3.63, 3.8) is 0 Å². The van der Waals surface area contributed by atoms with Gasteiger partial charge in [0.1, 0.15) is 6.10 Å². The lowest BCUT2D eigenvalue weighted by Crippen LogP contribution is -2.51. The molecule has 0 radical (unpaired) electrons. The molecular weight excluding hydrogens is 512 g/mol. The highest BCUT2D eigenvalue weighted by Crippen LogP contribution is 2.67. The summed E-state index contributed by atoms with van der Waals surface area (Å²) in [6, 6.07) is 0. The summed E-state index contributed by atoms with van der Waals surface area (Å²) in [7, 11) is 0. The summed E-state index contributed by atoms with van der Waals surface area (Å²) in [6.07, 6.45) is 31.0. The Balaban J connectivity index is 1.21. The lowest BCUT2D eigenvalue weighted by Gasteiger charge is -2.58. The fourth-order valence-corrected chi connectivity index (χ4v) is 10.8. The van der Waals surface area contributed by atoms with Gasteiger partial charge in [-0.1, -0.05) is 130 Å². The van der Waals surface area contributed by atoms with Crippen LogP contribution in [0.15, 0.2) is 11.6 Å². The van der Waals surface area contributed by atoms with Crippen LogP contribution in [0.25, 0.3) is 0 Å². The maximum atomic E-state index is 12.7. The second-order valence-electron chi connectivity index (χ2n) is 16.6. The Morgan fingerprint density at radius 2 is 1.52 bits per heavy atom. The first-order valence-corrected chi connectivity index (χ1v) is 19.1. The lowest BCUT2D eigenvalue weighted by atomic mass is 9.47. The van der Waals surface area contributed by atoms with Crippen LogP contribution >= 0.6 is 0 Å². The number of hydrogen-bond donors (Lipinski definition) is 0. The summed E-state index contributed by atoms with van der Waals surface area (Å²) in [4.78, 5) is 12.7. The molecule has 0 spiro atoms. The maximum Gasteiger partial charge on any atom is 0.306 e. The highest BCUT2D eigenvalue weighted by Gasteiger charge is 2.59. The van der Waals surface area contributed by atoms with Crippen molar-refractivity contribution in [3.8, 4) is 0 Å². The average molecular weight is 583 g/mol. The molecule has 1 unspecified atom stereocenters. The quantitative estimate of drug-likeness (QED) is 0.0968. The van der Waals surface area contributed by atoms with Crippen molar-refractivity contribution in [3.05, 3.63) is 11.6 Å². The lowest BCUT2D eigenvalue weighted by molar-refractivity contribution is -0.151. The van der Waals surface area contributed by atoms with E-state index in [1.807, 2.05) is 0 Å². The Morgan fingerprint density at radius 3 is 2.21 bits per heavy atom. The Morgan fingerprint density at radius 1 is 0.833 bits per heavy atom. The van der Waals surface area contributed by atoms with E-state index in [4.69, 9.17) is 4.74 Å². The van der Waals surface area contributed by atoms with E-state index in [0.29, 0.717) is 17.3 Å². The van der Waals surface area contributed by atoms with Crippen LogP contribution in [-0.4, -0.2) is 12.1 Å². The highest BCUT2D eigenvalue weighted by molar-refractivity contribution is 5.69. The predicted octanol–water partition coefficient (Wildman–Crippen LogP) is 12.3. The summed E-state index contributed by atoms with van der Waals surface area (Å²) in [6.45, 7) is 14.9. The molecule has 42 heavy (non-hydrogen) atoms. The van der Waals surface area contributed by atoms with Crippen molar-refractivity contribution in [1.82, 2.24) is 0 Å². The van der Waals surface area contributed by atoms with Crippen molar-refractivity contribution >= 4 is 5.97 Å². The number of fused-ring (bicyclic) bond motifs is 5. The molecule has 8 atom stereocenters. The minimum absolute atomic E-state index is 0.0606. The second-order valence-corrected chi connectivity index (χ2v) is 16.6. The van der Waals surface area contributed by atoms with E-state index < -0.39 is 0 Å². The molecule has 4 aliphatic carbocycles. The molecule has 2 nitrogen and oxygen atoms in total. The number of rotatable bonds is 17. The van der Waals surface area contributed by atoms with Crippen LogP contribution in [0.2, 0.25) is 0 Å². The number of esters is 1. The van der Waals surface area contributed by atoms with Crippen LogP contribution in [-0.2, 0) is 9.53 Å². The van der Waals surface area contributed by atoms with Crippen LogP contribution < -0.4 is 0 Å². The van der Waals surface area contributed by atoms with Gasteiger partial charge >= 0.3 is 5.97 Å². The van der Waals surface area contributed by atoms with Crippen LogP contribution in [0.5, 0.6) is 0 Å². The molecule has 2 heteroatoms. The van der Waals surface area contributed by atoms with Crippen LogP contribution in [0.1, 0.15) is 183 Å². The maximum absolute atomic E-state index is 12.7. The molecule has 0 amide bonds. The van der Waals surface area contributed by atoms with Crippen LogP contribution in [0, 0.1) is 46.3 Å². The Kier molecular flexibility index (Phi) is 13.0. The number of ether oxygens (including phenoxy) is 1. The monoisotopic (exact) mass is 583 g/mol. The van der Waals surface area contributed by atoms with Gasteiger partial charge in [-0.3, -0.25) is 4.79 Å². The molecule has 4 rings (SSSR count). The summed E-state index contributed by atoms with van der Waals surface area (Å²) < 4.78 is 6.10. The van der Waals surface area contributed by atoms with Gasteiger partial charge in [-0.2, -0.15) is 0 Å². The number of carbonyl (C=O) groups is 1. The molecule has 242 valence electrons. The molecule has 0 aromatic rings. The van der Waals surface area contributed by atoms with Gasteiger partial charge in [0, 0.05) is 12.8 Å². The molecule has 0 bridgehead atoms. The fourth-order valence-electron chi connectivity index (χ4n) is 10.8. The van der Waals surface area contributed by atoms with E-state index in [2.05, 4.69) is 47.6 Å². The minimum atomic E-state index is 0.0606. The average Bonchev–Trinajstić information content (AvgIpc) is 3.31. The topological polar surface area (TPSA) is 26.3 Å². The van der Waals surface area contributed by atoms with Crippen molar-refractivity contribution < 1.29 is 9.53 Å². The van der Waals surface area contributed by atoms with Gasteiger partial charge in [0.15, 0.2) is 0 Å². The number of carbonyl (C=O) groups excluding carboxylic acids is 1. The summed E-state index contributed by atoms with van der Waals surface area (Å²) in [5.74, 6) is 5.34. The second kappa shape index (κ2) is 16.0. The zero-order valence-corrected chi connectivity index (χ0v) is 29.0. The van der Waals surface area contributed by atoms with Crippen molar-refractivity contribution in [2.24, 2.45) is 46.3 Å². The first-order valence-electron chi connectivity index (χ1n) is 19.1. The fraction of sp³-hybridized carbons (Fsp3) is 0.925. The summed E-state index contributed by atoms with van der Waals surface area (Å²) in [5.41, 5.74) is 2.54. The van der Waals surface area contributed by atoms with Crippen LogP contribution in [0.3, 0.4) is 0 Å². The molecular formula is C40H70O2. The van der Waals surface area contributed by atoms with Gasteiger partial charge in [0.2, 0.25) is 0 Å². The molecule has 0 saturated heterocycles. The van der Waals surface area contributed by atoms with Gasteiger partial charge in [-0.15, -0.1) is 0 Å². The van der Waals surface area contributed by atoms with E-state index in [1.165, 1.54) is 116 Å². The predicted molar refractivity (Wildman–Crippen MR) is 179 cm³/mol. The van der Waals surface area contributed by atoms with E-state index in [-0.39, 0.29) is 12.1 Å². The molecule has 3 saturated carbocycles. The molecule has 0 aliphatic heterocycles. The van der Waals surface area contributed by atoms with Gasteiger partial charge in [-0.05, 0) is 97.7 Å². The van der Waals surface area contributed by atoms with E-state index in [9.17, 15) is 4.79 Å². The standard InChI is InChI=1S/C40H70O2/c1-7-8-9-10-11-12-13-14-15-16-20-38(41)42-33-25-27-39(5)32(29-33)21-22-34-36-24-23-35(31(4)19-17-18-30(2)3)40(36,6)28-26-37(34)39/h21,30-31,33-37H,7-20,22-29H2,1-6H3/t31-,33+,34+,35?,36+,37+,39+,40-/m1/s1. The molecule has 3 fully saturated rings. The zero-order chi connectivity index (χ0) is 30.2. The number of allylic oxidation sites excluding steroid dienone is 1. The van der Waals surface area contributed by atoms with Crippen molar-refractivity contribution in [1.29, 1.82) is 0 Å². The third-order valence-electron chi connectivity index (χ3n) is 13.3. The Bertz CT molecular complexity index is 858. The van der Waals surface area contributed by atoms with Crippen LogP contribution in [0.4, 0.5) is 0 Å². The molecule has 0 aromatic heterocycles. The Hall–Kier alpha value is -0.790. The van der Waals surface area contributed by atoms with Gasteiger partial charge in [0.25, 0.3) is 0 Å². The van der Waals surface area contributed by atoms with Crippen molar-refractivity contribution in [2.75, 3.05) is 0 Å². The first-order chi connectivity index (χ1) is 20.2. The van der Waals surface area contributed by atoms with Gasteiger partial charge < -0.3 is 4.74 Å². The van der Waals surface area contributed by atoms with E-state index in [0.717, 1.165) is 54.8 Å². The third-order valence-corrected chi connectivity index (χ3v) is 13.3. The highest BCUT2D eigenvalue weighted by atomic mass is 16.5. The number of hydrogen-bond acceptors (Lipinski definition) is 2. The smallest absolute Gasteiger partial charge is 0.306 e. The van der Waals surface area contributed by atoms with Gasteiger partial charge in [0.05, 0.1) is 0 Å². The number of unbranched alkanes of at least 4 members (excludes halogenated alkanes) is 9. The molecule has 0 aromatic carbocycles.